The summed E-state index contributed by atoms with van der Waals surface area (Å²) in [5.74, 6) is 1.88. The summed E-state index contributed by atoms with van der Waals surface area (Å²) in [5, 5.41) is 3.53. The lowest BCUT2D eigenvalue weighted by atomic mass is 10.2. The average molecular weight is 218 g/mol. The molecular weight excluding hydrogens is 196 g/mol. The van der Waals surface area contributed by atoms with Gasteiger partial charge in [0.15, 0.2) is 0 Å². The van der Waals surface area contributed by atoms with Crippen LogP contribution in [0.3, 0.4) is 0 Å². The predicted octanol–water partition coefficient (Wildman–Crippen LogP) is 2.50. The number of rotatable bonds is 5. The molecule has 0 radical (unpaired) electrons. The summed E-state index contributed by atoms with van der Waals surface area (Å²) in [6.45, 7) is 4.51. The van der Waals surface area contributed by atoms with Crippen molar-refractivity contribution in [3.63, 3.8) is 0 Å². The molecule has 16 heavy (non-hydrogen) atoms. The van der Waals surface area contributed by atoms with Crippen molar-refractivity contribution < 1.29 is 0 Å². The van der Waals surface area contributed by atoms with Crippen LogP contribution in [0.1, 0.15) is 18.9 Å². The second-order valence-electron chi connectivity index (χ2n) is 5.16. The second-order valence-corrected chi connectivity index (χ2v) is 5.16. The van der Waals surface area contributed by atoms with E-state index in [1.165, 1.54) is 24.2 Å². The van der Waals surface area contributed by atoms with Gasteiger partial charge in [0.05, 0.1) is 0 Å². The highest BCUT2D eigenvalue weighted by Crippen LogP contribution is 2.36. The number of hydrogen-bond acceptors (Lipinski definition) is 2. The first-order valence-corrected chi connectivity index (χ1v) is 6.14. The molecule has 1 aromatic rings. The minimum Gasteiger partial charge on any atom is -0.378 e. The zero-order chi connectivity index (χ0) is 11.5. The van der Waals surface area contributed by atoms with Gasteiger partial charge in [-0.2, -0.15) is 0 Å². The van der Waals surface area contributed by atoms with Crippen LogP contribution >= 0.6 is 0 Å². The first kappa shape index (κ1) is 11.5. The average Bonchev–Trinajstić information content (AvgIpc) is 2.95. The SMILES string of the molecule is CC1CC1CNCc1ccc(N(C)C)cc1. The van der Waals surface area contributed by atoms with Crippen LogP contribution in [-0.4, -0.2) is 20.6 Å². The maximum Gasteiger partial charge on any atom is 0.0361 e. The zero-order valence-corrected chi connectivity index (χ0v) is 10.5. The summed E-state index contributed by atoms with van der Waals surface area (Å²) in [6.07, 6.45) is 1.41. The maximum atomic E-state index is 3.53. The van der Waals surface area contributed by atoms with Gasteiger partial charge in [0.2, 0.25) is 0 Å². The molecule has 1 saturated carbocycles. The highest BCUT2D eigenvalue weighted by Gasteiger charge is 2.31. The van der Waals surface area contributed by atoms with Crippen molar-refractivity contribution in [3.8, 4) is 0 Å². The lowest BCUT2D eigenvalue weighted by molar-refractivity contribution is 0.612. The van der Waals surface area contributed by atoms with Gasteiger partial charge in [-0.1, -0.05) is 19.1 Å². The number of anilines is 1. The van der Waals surface area contributed by atoms with E-state index in [1.807, 2.05) is 0 Å². The standard InChI is InChI=1S/C14H22N2/c1-11-8-13(11)10-15-9-12-4-6-14(7-5-12)16(2)3/h4-7,11,13,15H,8-10H2,1-3H3. The van der Waals surface area contributed by atoms with Gasteiger partial charge in [0.1, 0.15) is 0 Å². The summed E-state index contributed by atoms with van der Waals surface area (Å²) >= 11 is 0. The number of nitrogens with one attached hydrogen (secondary N) is 1. The molecule has 2 rings (SSSR count). The van der Waals surface area contributed by atoms with Crippen LogP contribution in [0.15, 0.2) is 24.3 Å². The van der Waals surface area contributed by atoms with Crippen molar-refractivity contribution in [2.75, 3.05) is 25.5 Å². The van der Waals surface area contributed by atoms with E-state index >= 15 is 0 Å². The zero-order valence-electron chi connectivity index (χ0n) is 10.5. The van der Waals surface area contributed by atoms with E-state index in [9.17, 15) is 0 Å². The van der Waals surface area contributed by atoms with Crippen LogP contribution in [-0.2, 0) is 6.54 Å². The van der Waals surface area contributed by atoms with Crippen LogP contribution in [0.4, 0.5) is 5.69 Å². The largest absolute Gasteiger partial charge is 0.378 e. The van der Waals surface area contributed by atoms with Crippen LogP contribution in [0.25, 0.3) is 0 Å². The molecule has 2 nitrogen and oxygen atoms in total. The molecule has 0 heterocycles. The third kappa shape index (κ3) is 2.99. The summed E-state index contributed by atoms with van der Waals surface area (Å²) in [6, 6.07) is 8.77. The predicted molar refractivity (Wildman–Crippen MR) is 69.7 cm³/mol. The van der Waals surface area contributed by atoms with Gasteiger partial charge < -0.3 is 10.2 Å². The molecule has 0 bridgehead atoms. The van der Waals surface area contributed by atoms with Crippen LogP contribution in [0.2, 0.25) is 0 Å². The molecule has 0 amide bonds. The first-order chi connectivity index (χ1) is 7.66. The number of nitrogens with zero attached hydrogens (tertiary/aromatic N) is 1. The summed E-state index contributed by atoms with van der Waals surface area (Å²) in [7, 11) is 4.14. The third-order valence-corrected chi connectivity index (χ3v) is 3.46. The monoisotopic (exact) mass is 218 g/mol. The van der Waals surface area contributed by atoms with E-state index < -0.39 is 0 Å². The molecule has 2 atom stereocenters. The number of benzene rings is 1. The molecule has 1 aliphatic rings. The van der Waals surface area contributed by atoms with Gasteiger partial charge in [0, 0.05) is 26.3 Å². The van der Waals surface area contributed by atoms with Gasteiger partial charge in [-0.25, -0.2) is 0 Å². The van der Waals surface area contributed by atoms with Gasteiger partial charge in [-0.05, 0) is 42.5 Å². The van der Waals surface area contributed by atoms with Gasteiger partial charge in [-0.3, -0.25) is 0 Å². The molecular formula is C14H22N2. The minimum absolute atomic E-state index is 0.932. The quantitative estimate of drug-likeness (QED) is 0.817. The van der Waals surface area contributed by atoms with E-state index in [2.05, 4.69) is 55.5 Å². The number of hydrogen-bond donors (Lipinski definition) is 1. The normalized spacial score (nSPS) is 23.2. The smallest absolute Gasteiger partial charge is 0.0361 e. The van der Waals surface area contributed by atoms with Gasteiger partial charge in [-0.15, -0.1) is 0 Å². The highest BCUT2D eigenvalue weighted by atomic mass is 15.1. The maximum absolute atomic E-state index is 3.53. The molecule has 1 N–H and O–H groups in total. The topological polar surface area (TPSA) is 15.3 Å². The second kappa shape index (κ2) is 4.88. The van der Waals surface area contributed by atoms with Crippen molar-refractivity contribution >= 4 is 5.69 Å². The van der Waals surface area contributed by atoms with Crippen LogP contribution in [0.5, 0.6) is 0 Å². The molecule has 0 aromatic heterocycles. The van der Waals surface area contributed by atoms with Crippen LogP contribution in [0, 0.1) is 11.8 Å². The fourth-order valence-corrected chi connectivity index (χ4v) is 2.00. The van der Waals surface area contributed by atoms with Gasteiger partial charge >= 0.3 is 0 Å². The third-order valence-electron chi connectivity index (χ3n) is 3.46. The van der Waals surface area contributed by atoms with Crippen molar-refractivity contribution in [1.82, 2.24) is 5.32 Å². The van der Waals surface area contributed by atoms with Crippen LogP contribution < -0.4 is 10.2 Å². The molecule has 1 fully saturated rings. The Bertz CT molecular complexity index is 329. The molecule has 88 valence electrons. The molecule has 0 spiro atoms. The fourth-order valence-electron chi connectivity index (χ4n) is 2.00. The summed E-state index contributed by atoms with van der Waals surface area (Å²) < 4.78 is 0. The Morgan fingerprint density at radius 1 is 1.25 bits per heavy atom. The Morgan fingerprint density at radius 2 is 1.88 bits per heavy atom. The summed E-state index contributed by atoms with van der Waals surface area (Å²) in [5.41, 5.74) is 2.64. The minimum atomic E-state index is 0.932. The Balaban J connectivity index is 1.76. The molecule has 0 saturated heterocycles. The molecule has 0 aliphatic heterocycles. The Kier molecular flexibility index (Phi) is 3.49. The van der Waals surface area contributed by atoms with E-state index in [1.54, 1.807) is 0 Å². The van der Waals surface area contributed by atoms with E-state index in [4.69, 9.17) is 0 Å². The Morgan fingerprint density at radius 3 is 2.38 bits per heavy atom. The van der Waals surface area contributed by atoms with E-state index in [-0.39, 0.29) is 0 Å². The Hall–Kier alpha value is -1.02. The fraction of sp³-hybridized carbons (Fsp3) is 0.571. The van der Waals surface area contributed by atoms with E-state index in [0.29, 0.717) is 0 Å². The van der Waals surface area contributed by atoms with Crippen molar-refractivity contribution in [2.24, 2.45) is 11.8 Å². The lowest BCUT2D eigenvalue weighted by Gasteiger charge is -2.12. The van der Waals surface area contributed by atoms with E-state index in [0.717, 1.165) is 18.4 Å². The first-order valence-electron chi connectivity index (χ1n) is 6.14. The molecule has 1 aromatic carbocycles. The molecule has 2 heteroatoms. The molecule has 1 aliphatic carbocycles. The summed E-state index contributed by atoms with van der Waals surface area (Å²) in [4.78, 5) is 2.13. The van der Waals surface area contributed by atoms with Crippen molar-refractivity contribution in [1.29, 1.82) is 0 Å². The Labute approximate surface area is 98.7 Å². The molecule has 2 unspecified atom stereocenters. The van der Waals surface area contributed by atoms with Crippen molar-refractivity contribution in [3.05, 3.63) is 29.8 Å². The highest BCUT2D eigenvalue weighted by molar-refractivity contribution is 5.45. The van der Waals surface area contributed by atoms with Gasteiger partial charge in [0.25, 0.3) is 0 Å². The van der Waals surface area contributed by atoms with Crippen molar-refractivity contribution in [2.45, 2.75) is 19.9 Å². The lowest BCUT2D eigenvalue weighted by Crippen LogP contribution is -2.16.